The van der Waals surface area contributed by atoms with E-state index in [0.29, 0.717) is 28.8 Å². The molecule has 0 saturated carbocycles. The van der Waals surface area contributed by atoms with Gasteiger partial charge in [0.05, 0.1) is 17.9 Å². The van der Waals surface area contributed by atoms with Crippen LogP contribution in [0.2, 0.25) is 0 Å². The number of aryl methyl sites for hydroxylation is 1. The van der Waals surface area contributed by atoms with Gasteiger partial charge in [0.1, 0.15) is 5.82 Å². The molecule has 3 aromatic rings. The maximum absolute atomic E-state index is 12.1. The standard InChI is InChI=1S/C16H20N6O2/c1-10(2)7-12-8-13(24-21-12)9-17-16(23)19-14-5-4-6-22-15(14)18-11(3)20-22/h4-6,8,10H,7,9H2,1-3H3,(H2,17,19,23). The van der Waals surface area contributed by atoms with Gasteiger partial charge in [-0.3, -0.25) is 0 Å². The fraction of sp³-hybridized carbons (Fsp3) is 0.375. The molecule has 2 amide bonds. The van der Waals surface area contributed by atoms with E-state index in [1.54, 1.807) is 29.8 Å². The monoisotopic (exact) mass is 328 g/mol. The molecule has 8 nitrogen and oxygen atoms in total. The summed E-state index contributed by atoms with van der Waals surface area (Å²) in [7, 11) is 0. The molecule has 0 unspecified atom stereocenters. The maximum Gasteiger partial charge on any atom is 0.319 e. The molecule has 0 radical (unpaired) electrons. The van der Waals surface area contributed by atoms with Crippen LogP contribution >= 0.6 is 0 Å². The Bertz CT molecular complexity index is 851. The number of nitrogens with zero attached hydrogens (tertiary/aromatic N) is 4. The van der Waals surface area contributed by atoms with Crippen molar-refractivity contribution in [1.82, 2.24) is 25.1 Å². The molecule has 0 aromatic carbocycles. The van der Waals surface area contributed by atoms with Gasteiger partial charge in [0, 0.05) is 12.3 Å². The highest BCUT2D eigenvalue weighted by molar-refractivity contribution is 5.92. The van der Waals surface area contributed by atoms with Crippen LogP contribution in [0.25, 0.3) is 5.65 Å². The zero-order valence-corrected chi connectivity index (χ0v) is 13.9. The summed E-state index contributed by atoms with van der Waals surface area (Å²) in [6, 6.07) is 5.09. The van der Waals surface area contributed by atoms with Crippen LogP contribution in [0.4, 0.5) is 10.5 Å². The summed E-state index contributed by atoms with van der Waals surface area (Å²) in [5.41, 5.74) is 2.09. The Hall–Kier alpha value is -2.90. The van der Waals surface area contributed by atoms with Crippen molar-refractivity contribution >= 4 is 17.4 Å². The van der Waals surface area contributed by atoms with Crippen LogP contribution in [0, 0.1) is 12.8 Å². The fourth-order valence-electron chi connectivity index (χ4n) is 2.40. The second-order valence-corrected chi connectivity index (χ2v) is 6.04. The number of carbonyl (C=O) groups is 1. The van der Waals surface area contributed by atoms with Gasteiger partial charge in [-0.2, -0.15) is 5.10 Å². The van der Waals surface area contributed by atoms with Gasteiger partial charge in [-0.25, -0.2) is 14.3 Å². The molecule has 24 heavy (non-hydrogen) atoms. The molecule has 0 aliphatic rings. The number of rotatable bonds is 5. The summed E-state index contributed by atoms with van der Waals surface area (Å²) in [5, 5.41) is 13.7. The lowest BCUT2D eigenvalue weighted by Crippen LogP contribution is -2.28. The van der Waals surface area contributed by atoms with Crippen molar-refractivity contribution in [3.05, 3.63) is 41.7 Å². The normalized spacial score (nSPS) is 11.2. The Morgan fingerprint density at radius 3 is 3.04 bits per heavy atom. The van der Waals surface area contributed by atoms with Crippen molar-refractivity contribution < 1.29 is 9.32 Å². The Labute approximate surface area is 139 Å². The van der Waals surface area contributed by atoms with Gasteiger partial charge in [0.25, 0.3) is 0 Å². The first-order valence-electron chi connectivity index (χ1n) is 7.82. The molecule has 8 heteroatoms. The summed E-state index contributed by atoms with van der Waals surface area (Å²) in [6.45, 7) is 6.31. The summed E-state index contributed by atoms with van der Waals surface area (Å²) in [4.78, 5) is 16.4. The van der Waals surface area contributed by atoms with E-state index in [2.05, 4.69) is 39.7 Å². The minimum atomic E-state index is -0.342. The number of urea groups is 1. The highest BCUT2D eigenvalue weighted by atomic mass is 16.5. The molecule has 0 bridgehead atoms. The van der Waals surface area contributed by atoms with Crippen LogP contribution < -0.4 is 10.6 Å². The topological polar surface area (TPSA) is 97.3 Å². The number of fused-ring (bicyclic) bond motifs is 1. The van der Waals surface area contributed by atoms with Gasteiger partial charge in [0.2, 0.25) is 0 Å². The van der Waals surface area contributed by atoms with E-state index in [1.807, 2.05) is 6.07 Å². The van der Waals surface area contributed by atoms with E-state index >= 15 is 0 Å². The second kappa shape index (κ2) is 6.69. The molecule has 0 aliphatic heterocycles. The van der Waals surface area contributed by atoms with E-state index in [0.717, 1.165) is 12.1 Å². The first kappa shape index (κ1) is 16.0. The molecule has 0 fully saturated rings. The number of nitrogens with one attached hydrogen (secondary N) is 2. The molecule has 0 aliphatic carbocycles. The predicted octanol–water partition coefficient (Wildman–Crippen LogP) is 2.55. The predicted molar refractivity (Wildman–Crippen MR) is 88.6 cm³/mol. The number of hydrogen-bond acceptors (Lipinski definition) is 5. The molecule has 3 heterocycles. The number of anilines is 1. The van der Waals surface area contributed by atoms with Gasteiger partial charge in [-0.05, 0) is 31.4 Å². The second-order valence-electron chi connectivity index (χ2n) is 6.04. The Morgan fingerprint density at radius 1 is 1.42 bits per heavy atom. The van der Waals surface area contributed by atoms with Gasteiger partial charge in [-0.15, -0.1) is 0 Å². The van der Waals surface area contributed by atoms with Gasteiger partial charge in [0.15, 0.2) is 11.4 Å². The van der Waals surface area contributed by atoms with Crippen molar-refractivity contribution in [1.29, 1.82) is 0 Å². The lowest BCUT2D eigenvalue weighted by atomic mass is 10.1. The van der Waals surface area contributed by atoms with Crippen molar-refractivity contribution in [2.75, 3.05) is 5.32 Å². The van der Waals surface area contributed by atoms with Crippen LogP contribution in [-0.2, 0) is 13.0 Å². The van der Waals surface area contributed by atoms with E-state index in [1.165, 1.54) is 0 Å². The van der Waals surface area contributed by atoms with Crippen LogP contribution in [0.3, 0.4) is 0 Å². The average Bonchev–Trinajstić information content (AvgIpc) is 3.10. The molecular formula is C16H20N6O2. The van der Waals surface area contributed by atoms with E-state index < -0.39 is 0 Å². The SMILES string of the molecule is Cc1nc2c(NC(=O)NCc3cc(CC(C)C)no3)cccn2n1. The Morgan fingerprint density at radius 2 is 2.25 bits per heavy atom. The molecule has 0 spiro atoms. The molecule has 3 rings (SSSR count). The third-order valence-electron chi connectivity index (χ3n) is 3.36. The van der Waals surface area contributed by atoms with E-state index in [-0.39, 0.29) is 12.6 Å². The van der Waals surface area contributed by atoms with Gasteiger partial charge in [-0.1, -0.05) is 19.0 Å². The van der Waals surface area contributed by atoms with Crippen LogP contribution in [0.15, 0.2) is 28.9 Å². The highest BCUT2D eigenvalue weighted by Crippen LogP contribution is 2.14. The Kier molecular flexibility index (Phi) is 4.45. The minimum absolute atomic E-state index is 0.270. The van der Waals surface area contributed by atoms with Crippen LogP contribution in [-0.4, -0.2) is 25.8 Å². The highest BCUT2D eigenvalue weighted by Gasteiger charge is 2.10. The van der Waals surface area contributed by atoms with E-state index in [4.69, 9.17) is 4.52 Å². The van der Waals surface area contributed by atoms with Crippen molar-refractivity contribution in [3.63, 3.8) is 0 Å². The minimum Gasteiger partial charge on any atom is -0.359 e. The quantitative estimate of drug-likeness (QED) is 0.750. The van der Waals surface area contributed by atoms with E-state index in [9.17, 15) is 4.79 Å². The average molecular weight is 328 g/mol. The number of aromatic nitrogens is 4. The molecule has 126 valence electrons. The number of hydrogen-bond donors (Lipinski definition) is 2. The molecule has 2 N–H and O–H groups in total. The molecule has 3 aromatic heterocycles. The first-order chi connectivity index (χ1) is 11.5. The zero-order chi connectivity index (χ0) is 17.1. The first-order valence-corrected chi connectivity index (χ1v) is 7.82. The third kappa shape index (κ3) is 3.70. The van der Waals surface area contributed by atoms with Crippen molar-refractivity contribution in [2.24, 2.45) is 5.92 Å². The van der Waals surface area contributed by atoms with Crippen LogP contribution in [0.5, 0.6) is 0 Å². The lowest BCUT2D eigenvalue weighted by Gasteiger charge is -2.06. The zero-order valence-electron chi connectivity index (χ0n) is 13.9. The van der Waals surface area contributed by atoms with Gasteiger partial charge < -0.3 is 15.2 Å². The number of pyridine rings is 1. The van der Waals surface area contributed by atoms with Crippen LogP contribution in [0.1, 0.15) is 31.1 Å². The molecule has 0 saturated heterocycles. The summed E-state index contributed by atoms with van der Waals surface area (Å²) < 4.78 is 6.85. The summed E-state index contributed by atoms with van der Waals surface area (Å²) in [5.74, 6) is 1.77. The number of amides is 2. The lowest BCUT2D eigenvalue weighted by molar-refractivity contribution is 0.250. The maximum atomic E-state index is 12.1. The summed E-state index contributed by atoms with van der Waals surface area (Å²) in [6.07, 6.45) is 2.63. The summed E-state index contributed by atoms with van der Waals surface area (Å²) >= 11 is 0. The molecule has 0 atom stereocenters. The Balaban J connectivity index is 1.60. The van der Waals surface area contributed by atoms with Crippen molar-refractivity contribution in [2.45, 2.75) is 33.7 Å². The third-order valence-corrected chi connectivity index (χ3v) is 3.36. The number of carbonyl (C=O) groups excluding carboxylic acids is 1. The van der Waals surface area contributed by atoms with Gasteiger partial charge >= 0.3 is 6.03 Å². The van der Waals surface area contributed by atoms with Crippen molar-refractivity contribution in [3.8, 4) is 0 Å². The smallest absolute Gasteiger partial charge is 0.319 e. The molecular weight excluding hydrogens is 308 g/mol. The largest absolute Gasteiger partial charge is 0.359 e. The fourth-order valence-corrected chi connectivity index (χ4v) is 2.40.